The van der Waals surface area contributed by atoms with E-state index in [4.69, 9.17) is 19.2 Å². The molecule has 3 heterocycles. The molecule has 0 bridgehead atoms. The van der Waals surface area contributed by atoms with Crippen LogP contribution in [0.25, 0.3) is 33.1 Å². The number of anilines is 1. The minimum absolute atomic E-state index is 0.556. The Bertz CT molecular complexity index is 1650. The summed E-state index contributed by atoms with van der Waals surface area (Å²) < 4.78 is 17.9. The number of fused-ring (bicyclic) bond motifs is 3. The van der Waals surface area contributed by atoms with Crippen molar-refractivity contribution in [3.05, 3.63) is 66.2 Å². The van der Waals surface area contributed by atoms with Crippen LogP contribution in [-0.4, -0.2) is 72.3 Å². The van der Waals surface area contributed by atoms with E-state index in [-0.39, 0.29) is 0 Å². The van der Waals surface area contributed by atoms with Crippen molar-refractivity contribution in [2.45, 2.75) is 13.5 Å². The molecule has 0 fully saturated rings. The molecule has 0 amide bonds. The van der Waals surface area contributed by atoms with Crippen molar-refractivity contribution in [1.29, 1.82) is 0 Å². The standard InChI is InChI=1S/C30H32N6O3/c1-19-33-24-8-5-21(16-25(24)34-19)20-6-9-26-22(15-20)17-36(12-14-38-26)30-23-7-10-27(39-13-11-35(2)3)29(37-4)28(23)31-18-32-30/h5-10,15-16,18H,11-14,17H2,1-4H3,(H,33,34). The van der Waals surface area contributed by atoms with Gasteiger partial charge in [-0.1, -0.05) is 12.1 Å². The fraction of sp³-hybridized carbons (Fsp3) is 0.300. The Morgan fingerprint density at radius 1 is 1.05 bits per heavy atom. The fourth-order valence-corrected chi connectivity index (χ4v) is 5.04. The number of H-pyrrole nitrogens is 1. The van der Waals surface area contributed by atoms with E-state index < -0.39 is 0 Å². The van der Waals surface area contributed by atoms with Gasteiger partial charge in [0.05, 0.1) is 24.7 Å². The third-order valence-corrected chi connectivity index (χ3v) is 6.98. The molecule has 39 heavy (non-hydrogen) atoms. The SMILES string of the molecule is COc1c(OCCN(C)C)ccc2c(N3CCOc4ccc(-c5ccc6nc(C)[nH]c6c5)cc4C3)ncnc12. The summed E-state index contributed by atoms with van der Waals surface area (Å²) in [6.07, 6.45) is 1.59. The number of imidazole rings is 1. The molecular formula is C30H32N6O3. The number of rotatable bonds is 7. The van der Waals surface area contributed by atoms with Crippen molar-refractivity contribution < 1.29 is 14.2 Å². The molecule has 200 valence electrons. The smallest absolute Gasteiger partial charge is 0.187 e. The van der Waals surface area contributed by atoms with Crippen molar-refractivity contribution in [2.24, 2.45) is 0 Å². The first-order valence-corrected chi connectivity index (χ1v) is 13.1. The Kier molecular flexibility index (Phi) is 6.66. The molecule has 0 unspecified atom stereocenters. The van der Waals surface area contributed by atoms with Gasteiger partial charge >= 0.3 is 0 Å². The lowest BCUT2D eigenvalue weighted by Gasteiger charge is -2.23. The molecule has 0 aliphatic carbocycles. The zero-order chi connectivity index (χ0) is 26.9. The number of aryl methyl sites for hydroxylation is 1. The number of methoxy groups -OCH3 is 1. The number of hydrogen-bond donors (Lipinski definition) is 1. The summed E-state index contributed by atoms with van der Waals surface area (Å²) in [7, 11) is 5.69. The third kappa shape index (κ3) is 4.93. The zero-order valence-corrected chi connectivity index (χ0v) is 22.7. The van der Waals surface area contributed by atoms with Crippen LogP contribution in [0.5, 0.6) is 17.2 Å². The zero-order valence-electron chi connectivity index (χ0n) is 22.7. The Balaban J connectivity index is 1.33. The van der Waals surface area contributed by atoms with E-state index in [1.54, 1.807) is 13.4 Å². The van der Waals surface area contributed by atoms with Gasteiger partial charge in [0.2, 0.25) is 0 Å². The van der Waals surface area contributed by atoms with Crippen LogP contribution < -0.4 is 19.1 Å². The maximum Gasteiger partial charge on any atom is 0.187 e. The van der Waals surface area contributed by atoms with Gasteiger partial charge in [0, 0.05) is 24.0 Å². The number of nitrogens with zero attached hydrogens (tertiary/aromatic N) is 5. The van der Waals surface area contributed by atoms with Gasteiger partial charge in [-0.3, -0.25) is 0 Å². The highest BCUT2D eigenvalue weighted by molar-refractivity contribution is 5.95. The van der Waals surface area contributed by atoms with Crippen LogP contribution in [0.4, 0.5) is 5.82 Å². The number of hydrogen-bond acceptors (Lipinski definition) is 8. The average Bonchev–Trinajstić information content (AvgIpc) is 3.18. The number of likely N-dealkylation sites (N-methyl/N-ethyl adjacent to an activating group) is 1. The number of benzene rings is 3. The molecule has 0 saturated carbocycles. The predicted octanol–water partition coefficient (Wildman–Crippen LogP) is 4.83. The van der Waals surface area contributed by atoms with E-state index in [0.29, 0.717) is 37.8 Å². The Hall–Kier alpha value is -4.37. The van der Waals surface area contributed by atoms with E-state index in [2.05, 4.69) is 61.1 Å². The van der Waals surface area contributed by atoms with E-state index >= 15 is 0 Å². The highest BCUT2D eigenvalue weighted by Gasteiger charge is 2.22. The maximum atomic E-state index is 6.15. The van der Waals surface area contributed by atoms with E-state index in [0.717, 1.165) is 62.6 Å². The fourth-order valence-electron chi connectivity index (χ4n) is 5.04. The van der Waals surface area contributed by atoms with Gasteiger partial charge in [-0.25, -0.2) is 15.0 Å². The summed E-state index contributed by atoms with van der Waals surface area (Å²) in [6, 6.07) is 16.7. The summed E-state index contributed by atoms with van der Waals surface area (Å²) in [5, 5.41) is 0.911. The first-order chi connectivity index (χ1) is 19.0. The van der Waals surface area contributed by atoms with E-state index in [1.807, 2.05) is 33.2 Å². The second-order valence-electron chi connectivity index (χ2n) is 9.99. The second kappa shape index (κ2) is 10.4. The molecule has 0 atom stereocenters. The third-order valence-electron chi connectivity index (χ3n) is 6.98. The van der Waals surface area contributed by atoms with Crippen LogP contribution in [0, 0.1) is 6.92 Å². The van der Waals surface area contributed by atoms with Gasteiger partial charge < -0.3 is 29.0 Å². The van der Waals surface area contributed by atoms with Gasteiger partial charge in [0.25, 0.3) is 0 Å². The molecule has 1 aliphatic heterocycles. The quantitative estimate of drug-likeness (QED) is 0.324. The topological polar surface area (TPSA) is 88.6 Å². The molecule has 5 aromatic rings. The molecule has 6 rings (SSSR count). The van der Waals surface area contributed by atoms with Crippen LogP contribution in [0.3, 0.4) is 0 Å². The predicted molar refractivity (Wildman–Crippen MR) is 153 cm³/mol. The largest absolute Gasteiger partial charge is 0.491 e. The second-order valence-corrected chi connectivity index (χ2v) is 9.99. The molecule has 0 radical (unpaired) electrons. The number of nitrogens with one attached hydrogen (secondary N) is 1. The van der Waals surface area contributed by atoms with Crippen LogP contribution in [-0.2, 0) is 6.54 Å². The summed E-state index contributed by atoms with van der Waals surface area (Å²) in [6.45, 7) is 5.24. The summed E-state index contributed by atoms with van der Waals surface area (Å²) >= 11 is 0. The van der Waals surface area contributed by atoms with Gasteiger partial charge in [-0.15, -0.1) is 0 Å². The van der Waals surface area contributed by atoms with Crippen molar-refractivity contribution in [3.8, 4) is 28.4 Å². The molecule has 9 nitrogen and oxygen atoms in total. The van der Waals surface area contributed by atoms with Gasteiger partial charge in [-0.2, -0.15) is 0 Å². The summed E-state index contributed by atoms with van der Waals surface area (Å²) in [4.78, 5) is 21.4. The highest BCUT2D eigenvalue weighted by atomic mass is 16.5. The van der Waals surface area contributed by atoms with Crippen LogP contribution in [0.1, 0.15) is 11.4 Å². The summed E-state index contributed by atoms with van der Waals surface area (Å²) in [5.74, 6) is 3.94. The van der Waals surface area contributed by atoms with Crippen molar-refractivity contribution >= 4 is 27.8 Å². The number of ether oxygens (including phenoxy) is 3. The van der Waals surface area contributed by atoms with Crippen LogP contribution in [0.2, 0.25) is 0 Å². The van der Waals surface area contributed by atoms with E-state index in [1.165, 1.54) is 0 Å². The minimum atomic E-state index is 0.556. The lowest BCUT2D eigenvalue weighted by molar-refractivity contribution is 0.251. The normalized spacial score (nSPS) is 13.4. The molecular weight excluding hydrogens is 492 g/mol. The van der Waals surface area contributed by atoms with Crippen molar-refractivity contribution in [3.63, 3.8) is 0 Å². The van der Waals surface area contributed by atoms with Gasteiger partial charge in [-0.05, 0) is 68.5 Å². The molecule has 1 N–H and O–H groups in total. The van der Waals surface area contributed by atoms with Gasteiger partial charge in [0.15, 0.2) is 11.5 Å². The lowest BCUT2D eigenvalue weighted by atomic mass is 10.0. The van der Waals surface area contributed by atoms with Crippen molar-refractivity contribution in [2.75, 3.05) is 52.4 Å². The first-order valence-electron chi connectivity index (χ1n) is 13.1. The Labute approximate surface area is 227 Å². The molecule has 0 spiro atoms. The minimum Gasteiger partial charge on any atom is -0.491 e. The van der Waals surface area contributed by atoms with E-state index in [9.17, 15) is 0 Å². The molecule has 2 aromatic heterocycles. The summed E-state index contributed by atoms with van der Waals surface area (Å²) in [5.41, 5.74) is 6.09. The monoisotopic (exact) mass is 524 g/mol. The molecule has 1 aliphatic rings. The number of aromatic amines is 1. The lowest BCUT2D eigenvalue weighted by Crippen LogP contribution is -2.26. The van der Waals surface area contributed by atoms with Gasteiger partial charge in [0.1, 0.15) is 42.4 Å². The van der Waals surface area contributed by atoms with Crippen LogP contribution in [0.15, 0.2) is 54.9 Å². The molecule has 3 aromatic carbocycles. The Morgan fingerprint density at radius 2 is 1.90 bits per heavy atom. The van der Waals surface area contributed by atoms with Crippen molar-refractivity contribution in [1.82, 2.24) is 24.8 Å². The number of aromatic nitrogens is 4. The highest BCUT2D eigenvalue weighted by Crippen LogP contribution is 2.38. The molecule has 0 saturated heterocycles. The molecule has 9 heteroatoms. The maximum absolute atomic E-state index is 6.15. The Morgan fingerprint density at radius 3 is 2.74 bits per heavy atom. The van der Waals surface area contributed by atoms with Crippen LogP contribution >= 0.6 is 0 Å². The average molecular weight is 525 g/mol. The first kappa shape index (κ1) is 24.9.